The zero-order valence-corrected chi connectivity index (χ0v) is 11.9. The van der Waals surface area contributed by atoms with Gasteiger partial charge >= 0.3 is 0 Å². The molecule has 21 heavy (non-hydrogen) atoms. The van der Waals surface area contributed by atoms with Crippen LogP contribution in [0.3, 0.4) is 0 Å². The van der Waals surface area contributed by atoms with Crippen molar-refractivity contribution in [2.24, 2.45) is 7.05 Å². The van der Waals surface area contributed by atoms with E-state index in [0.29, 0.717) is 24.7 Å². The number of rotatable bonds is 7. The van der Waals surface area contributed by atoms with Crippen LogP contribution in [0.2, 0.25) is 0 Å². The van der Waals surface area contributed by atoms with Gasteiger partial charge in [0.2, 0.25) is 5.91 Å². The van der Waals surface area contributed by atoms with Crippen LogP contribution in [-0.2, 0) is 21.3 Å². The summed E-state index contributed by atoms with van der Waals surface area (Å²) in [4.78, 5) is 11.7. The number of benzene rings is 1. The van der Waals surface area contributed by atoms with Crippen LogP contribution in [0.15, 0.2) is 24.3 Å². The van der Waals surface area contributed by atoms with E-state index in [0.717, 1.165) is 5.56 Å². The maximum Gasteiger partial charge on any atom is 0.250 e. The van der Waals surface area contributed by atoms with E-state index in [9.17, 15) is 4.79 Å². The number of carbonyl (C=O) groups excluding carboxylic acids is 1. The number of nitrogens with zero attached hydrogens (tertiary/aromatic N) is 4. The Hall–Kier alpha value is -2.32. The van der Waals surface area contributed by atoms with E-state index in [1.54, 1.807) is 31.0 Å². The molecule has 0 atom stereocenters. The SMILES string of the molecule is COCCOCC(=O)Nc1cccc(-c2nnnn2C)c1. The number of methoxy groups -OCH3 is 1. The Labute approximate surface area is 122 Å². The molecule has 0 aliphatic heterocycles. The Balaban J connectivity index is 1.95. The van der Waals surface area contributed by atoms with E-state index in [1.807, 2.05) is 12.1 Å². The zero-order chi connectivity index (χ0) is 15.1. The van der Waals surface area contributed by atoms with Gasteiger partial charge in [0.1, 0.15) is 6.61 Å². The normalized spacial score (nSPS) is 10.6. The second kappa shape index (κ2) is 7.46. The van der Waals surface area contributed by atoms with Gasteiger partial charge in [0.05, 0.1) is 13.2 Å². The molecule has 0 saturated heterocycles. The summed E-state index contributed by atoms with van der Waals surface area (Å²) < 4.78 is 11.6. The van der Waals surface area contributed by atoms with Gasteiger partial charge in [-0.25, -0.2) is 4.68 Å². The second-order valence-electron chi connectivity index (χ2n) is 4.30. The fourth-order valence-electron chi connectivity index (χ4n) is 1.71. The number of aryl methyl sites for hydroxylation is 1. The third kappa shape index (κ3) is 4.33. The number of hydrogen-bond acceptors (Lipinski definition) is 6. The molecule has 2 aromatic rings. The predicted octanol–water partition coefficient (Wildman–Crippen LogP) is 0.479. The molecule has 1 aromatic heterocycles. The van der Waals surface area contributed by atoms with Gasteiger partial charge in [0, 0.05) is 25.4 Å². The molecular weight excluding hydrogens is 274 g/mol. The number of nitrogens with one attached hydrogen (secondary N) is 1. The van der Waals surface area contributed by atoms with Crippen molar-refractivity contribution in [3.8, 4) is 11.4 Å². The van der Waals surface area contributed by atoms with Gasteiger partial charge in [-0.3, -0.25) is 4.79 Å². The quantitative estimate of drug-likeness (QED) is 0.746. The number of tetrazole rings is 1. The number of carbonyl (C=O) groups is 1. The van der Waals surface area contributed by atoms with Crippen molar-refractivity contribution in [2.75, 3.05) is 32.2 Å². The third-order valence-electron chi connectivity index (χ3n) is 2.69. The maximum absolute atomic E-state index is 11.7. The molecule has 0 aliphatic rings. The van der Waals surface area contributed by atoms with E-state index < -0.39 is 0 Å². The van der Waals surface area contributed by atoms with E-state index in [1.165, 1.54) is 0 Å². The fourth-order valence-corrected chi connectivity index (χ4v) is 1.71. The van der Waals surface area contributed by atoms with Gasteiger partial charge in [0.15, 0.2) is 5.82 Å². The third-order valence-corrected chi connectivity index (χ3v) is 2.69. The summed E-state index contributed by atoms with van der Waals surface area (Å²) in [5.41, 5.74) is 1.48. The van der Waals surface area contributed by atoms with Gasteiger partial charge in [0.25, 0.3) is 0 Å². The predicted molar refractivity (Wildman–Crippen MR) is 75.6 cm³/mol. The molecule has 1 amide bonds. The average molecular weight is 291 g/mol. The Morgan fingerprint density at radius 2 is 2.24 bits per heavy atom. The van der Waals surface area contributed by atoms with E-state index in [2.05, 4.69) is 20.8 Å². The number of ether oxygens (including phenoxy) is 2. The number of aromatic nitrogens is 4. The molecule has 0 saturated carbocycles. The van der Waals surface area contributed by atoms with E-state index in [-0.39, 0.29) is 12.5 Å². The first-order chi connectivity index (χ1) is 10.2. The molecule has 0 aliphatic carbocycles. The van der Waals surface area contributed by atoms with Crippen LogP contribution < -0.4 is 5.32 Å². The second-order valence-corrected chi connectivity index (χ2v) is 4.30. The highest BCUT2D eigenvalue weighted by Crippen LogP contribution is 2.19. The highest BCUT2D eigenvalue weighted by atomic mass is 16.5. The van der Waals surface area contributed by atoms with Crippen molar-refractivity contribution in [3.63, 3.8) is 0 Å². The number of anilines is 1. The van der Waals surface area contributed by atoms with Gasteiger partial charge < -0.3 is 14.8 Å². The molecule has 1 heterocycles. The summed E-state index contributed by atoms with van der Waals surface area (Å²) in [7, 11) is 3.33. The van der Waals surface area contributed by atoms with Crippen molar-refractivity contribution < 1.29 is 14.3 Å². The van der Waals surface area contributed by atoms with E-state index in [4.69, 9.17) is 9.47 Å². The average Bonchev–Trinajstić information content (AvgIpc) is 2.90. The van der Waals surface area contributed by atoms with Crippen molar-refractivity contribution in [3.05, 3.63) is 24.3 Å². The first-order valence-electron chi connectivity index (χ1n) is 6.40. The van der Waals surface area contributed by atoms with Crippen LogP contribution in [0.5, 0.6) is 0 Å². The molecule has 0 unspecified atom stereocenters. The molecule has 0 bridgehead atoms. The highest BCUT2D eigenvalue weighted by molar-refractivity contribution is 5.92. The van der Waals surface area contributed by atoms with Crippen molar-refractivity contribution in [1.82, 2.24) is 20.2 Å². The summed E-state index contributed by atoms with van der Waals surface area (Å²) in [6, 6.07) is 7.29. The minimum Gasteiger partial charge on any atom is -0.382 e. The van der Waals surface area contributed by atoms with Crippen molar-refractivity contribution in [2.45, 2.75) is 0 Å². The molecule has 0 radical (unpaired) electrons. The summed E-state index contributed by atoms with van der Waals surface area (Å²) >= 11 is 0. The monoisotopic (exact) mass is 291 g/mol. The molecular formula is C13H17N5O3. The van der Waals surface area contributed by atoms with Crippen molar-refractivity contribution >= 4 is 11.6 Å². The largest absolute Gasteiger partial charge is 0.382 e. The minimum atomic E-state index is -0.223. The summed E-state index contributed by atoms with van der Waals surface area (Å²) in [5, 5.41) is 14.1. The first-order valence-corrected chi connectivity index (χ1v) is 6.40. The maximum atomic E-state index is 11.7. The molecule has 0 fully saturated rings. The van der Waals surface area contributed by atoms with Crippen molar-refractivity contribution in [1.29, 1.82) is 0 Å². The lowest BCUT2D eigenvalue weighted by molar-refractivity contribution is -0.121. The van der Waals surface area contributed by atoms with Gasteiger partial charge in [-0.2, -0.15) is 0 Å². The summed E-state index contributed by atoms with van der Waals surface area (Å²) in [6.07, 6.45) is 0. The molecule has 0 spiro atoms. The van der Waals surface area contributed by atoms with Gasteiger partial charge in [-0.15, -0.1) is 5.10 Å². The van der Waals surface area contributed by atoms with Gasteiger partial charge in [-0.1, -0.05) is 12.1 Å². The van der Waals surface area contributed by atoms with Crippen LogP contribution >= 0.6 is 0 Å². The van der Waals surface area contributed by atoms with Crippen LogP contribution in [0.25, 0.3) is 11.4 Å². The van der Waals surface area contributed by atoms with Crippen LogP contribution in [-0.4, -0.2) is 53.0 Å². The Morgan fingerprint density at radius 3 is 2.95 bits per heavy atom. The fraction of sp³-hybridized carbons (Fsp3) is 0.385. The first kappa shape index (κ1) is 15.1. The highest BCUT2D eigenvalue weighted by Gasteiger charge is 2.08. The molecule has 8 heteroatoms. The smallest absolute Gasteiger partial charge is 0.250 e. The van der Waals surface area contributed by atoms with Crippen LogP contribution in [0.4, 0.5) is 5.69 Å². The van der Waals surface area contributed by atoms with Gasteiger partial charge in [-0.05, 0) is 22.6 Å². The standard InChI is InChI=1S/C13H17N5O3/c1-18-13(15-16-17-18)10-4-3-5-11(8-10)14-12(19)9-21-7-6-20-2/h3-5,8H,6-7,9H2,1-2H3,(H,14,19). The van der Waals surface area contributed by atoms with Crippen LogP contribution in [0.1, 0.15) is 0 Å². The lowest BCUT2D eigenvalue weighted by atomic mass is 10.2. The Morgan fingerprint density at radius 1 is 1.38 bits per heavy atom. The Bertz CT molecular complexity index is 599. The summed E-state index contributed by atoms with van der Waals surface area (Å²) in [5.74, 6) is 0.404. The van der Waals surface area contributed by atoms with Crippen LogP contribution in [0, 0.1) is 0 Å². The molecule has 112 valence electrons. The molecule has 1 N–H and O–H groups in total. The Kier molecular flexibility index (Phi) is 5.35. The lowest BCUT2D eigenvalue weighted by Crippen LogP contribution is -2.19. The van der Waals surface area contributed by atoms with E-state index >= 15 is 0 Å². The number of hydrogen-bond donors (Lipinski definition) is 1. The molecule has 2 rings (SSSR count). The topological polar surface area (TPSA) is 91.2 Å². The number of amides is 1. The summed E-state index contributed by atoms with van der Waals surface area (Å²) in [6.45, 7) is 0.829. The lowest BCUT2D eigenvalue weighted by Gasteiger charge is -2.07. The molecule has 8 nitrogen and oxygen atoms in total. The minimum absolute atomic E-state index is 0.0148. The molecule has 1 aromatic carbocycles. The zero-order valence-electron chi connectivity index (χ0n) is 11.9.